The van der Waals surface area contributed by atoms with Crippen molar-refractivity contribution < 1.29 is 9.90 Å². The lowest BCUT2D eigenvalue weighted by Gasteiger charge is -2.03. The minimum absolute atomic E-state index is 0.181. The largest absolute Gasteiger partial charge is 0.480 e. The lowest BCUT2D eigenvalue weighted by Crippen LogP contribution is -2.13. The maximum absolute atomic E-state index is 10.3. The number of aromatic nitrogens is 4. The highest BCUT2D eigenvalue weighted by molar-refractivity contribution is 5.72. The van der Waals surface area contributed by atoms with Crippen LogP contribution in [0, 0.1) is 0 Å². The van der Waals surface area contributed by atoms with Crippen LogP contribution in [-0.4, -0.2) is 37.4 Å². The summed E-state index contributed by atoms with van der Waals surface area (Å²) in [5, 5.41) is 18.8. The Morgan fingerprint density at radius 3 is 2.88 bits per heavy atom. The van der Waals surface area contributed by atoms with E-state index < -0.39 is 5.97 Å². The third-order valence-electron chi connectivity index (χ3n) is 1.84. The zero-order valence-electron chi connectivity index (χ0n) is 8.24. The van der Waals surface area contributed by atoms with Crippen LogP contribution in [0.4, 0.5) is 5.82 Å². The summed E-state index contributed by atoms with van der Waals surface area (Å²) in [4.78, 5) is 14.2. The normalized spacial score (nSPS) is 10.0. The smallest absolute Gasteiger partial charge is 0.322 e. The second-order valence-corrected chi connectivity index (χ2v) is 2.99. The Morgan fingerprint density at radius 1 is 1.44 bits per heavy atom. The van der Waals surface area contributed by atoms with E-state index in [0.717, 1.165) is 0 Å². The molecule has 0 aliphatic rings. The first kappa shape index (κ1) is 10.1. The SMILES string of the molecule is O=C(O)CNc1ccc(-n2ccnc2)nn1. The summed E-state index contributed by atoms with van der Waals surface area (Å²) in [6.45, 7) is -0.181. The molecule has 0 aromatic carbocycles. The Hall–Kier alpha value is -2.44. The van der Waals surface area contributed by atoms with E-state index >= 15 is 0 Å². The quantitative estimate of drug-likeness (QED) is 0.760. The fourth-order valence-corrected chi connectivity index (χ4v) is 1.12. The van der Waals surface area contributed by atoms with E-state index in [-0.39, 0.29) is 6.54 Å². The minimum Gasteiger partial charge on any atom is -0.480 e. The van der Waals surface area contributed by atoms with Crippen molar-refractivity contribution in [2.75, 3.05) is 11.9 Å². The van der Waals surface area contributed by atoms with E-state index in [1.807, 2.05) is 0 Å². The van der Waals surface area contributed by atoms with Gasteiger partial charge in [0.15, 0.2) is 5.82 Å². The standard InChI is InChI=1S/C9H9N5O2/c15-9(16)5-11-7-1-2-8(13-12-7)14-4-3-10-6-14/h1-4,6H,5H2,(H,11,12)(H,15,16). The van der Waals surface area contributed by atoms with Crippen LogP contribution >= 0.6 is 0 Å². The van der Waals surface area contributed by atoms with E-state index in [2.05, 4.69) is 20.5 Å². The van der Waals surface area contributed by atoms with Crippen molar-refractivity contribution >= 4 is 11.8 Å². The van der Waals surface area contributed by atoms with Crippen molar-refractivity contribution in [1.82, 2.24) is 19.7 Å². The van der Waals surface area contributed by atoms with Gasteiger partial charge in [-0.15, -0.1) is 10.2 Å². The van der Waals surface area contributed by atoms with Gasteiger partial charge in [0.25, 0.3) is 0 Å². The van der Waals surface area contributed by atoms with Crippen LogP contribution in [0.5, 0.6) is 0 Å². The molecule has 7 nitrogen and oxygen atoms in total. The van der Waals surface area contributed by atoms with Crippen molar-refractivity contribution in [3.05, 3.63) is 30.9 Å². The Kier molecular flexibility index (Phi) is 2.77. The monoisotopic (exact) mass is 219 g/mol. The number of hydrogen-bond donors (Lipinski definition) is 2. The molecule has 0 saturated heterocycles. The summed E-state index contributed by atoms with van der Waals surface area (Å²) in [6.07, 6.45) is 4.99. The molecule has 0 atom stereocenters. The predicted molar refractivity (Wildman–Crippen MR) is 55.3 cm³/mol. The molecule has 0 spiro atoms. The maximum atomic E-state index is 10.3. The van der Waals surface area contributed by atoms with Gasteiger partial charge < -0.3 is 10.4 Å². The number of carboxylic acids is 1. The fourth-order valence-electron chi connectivity index (χ4n) is 1.12. The number of rotatable bonds is 4. The number of carboxylic acid groups (broad SMARTS) is 1. The van der Waals surface area contributed by atoms with Crippen molar-refractivity contribution in [3.8, 4) is 5.82 Å². The first-order chi connectivity index (χ1) is 7.75. The molecule has 0 saturated carbocycles. The van der Waals surface area contributed by atoms with Gasteiger partial charge in [0.2, 0.25) is 0 Å². The lowest BCUT2D eigenvalue weighted by molar-refractivity contribution is -0.134. The molecule has 2 aromatic heterocycles. The molecule has 0 fully saturated rings. The molecule has 16 heavy (non-hydrogen) atoms. The van der Waals surface area contributed by atoms with Crippen molar-refractivity contribution in [1.29, 1.82) is 0 Å². The van der Waals surface area contributed by atoms with Gasteiger partial charge in [0.05, 0.1) is 0 Å². The average molecular weight is 219 g/mol. The molecule has 0 radical (unpaired) electrons. The van der Waals surface area contributed by atoms with Crippen LogP contribution in [0.1, 0.15) is 0 Å². The number of anilines is 1. The number of imidazole rings is 1. The average Bonchev–Trinajstić information content (AvgIpc) is 2.80. The third kappa shape index (κ3) is 2.32. The maximum Gasteiger partial charge on any atom is 0.322 e. The van der Waals surface area contributed by atoms with Gasteiger partial charge in [0, 0.05) is 12.4 Å². The Morgan fingerprint density at radius 2 is 2.31 bits per heavy atom. The van der Waals surface area contributed by atoms with Crippen LogP contribution in [0.15, 0.2) is 30.9 Å². The number of nitrogens with zero attached hydrogens (tertiary/aromatic N) is 4. The minimum atomic E-state index is -0.944. The summed E-state index contributed by atoms with van der Waals surface area (Å²) < 4.78 is 1.70. The predicted octanol–water partition coefficient (Wildman–Crippen LogP) is 0.159. The molecule has 7 heteroatoms. The zero-order valence-corrected chi connectivity index (χ0v) is 8.24. The molecular weight excluding hydrogens is 210 g/mol. The first-order valence-electron chi connectivity index (χ1n) is 4.53. The van der Waals surface area contributed by atoms with Gasteiger partial charge in [-0.1, -0.05) is 0 Å². The fraction of sp³-hybridized carbons (Fsp3) is 0.111. The topological polar surface area (TPSA) is 92.9 Å². The molecule has 2 N–H and O–H groups in total. The molecule has 2 aromatic rings. The van der Waals surface area contributed by atoms with Gasteiger partial charge in [-0.25, -0.2) is 4.98 Å². The molecule has 82 valence electrons. The van der Waals surface area contributed by atoms with Crippen LogP contribution in [0.25, 0.3) is 5.82 Å². The molecule has 2 heterocycles. The summed E-state index contributed by atoms with van der Waals surface area (Å²) in [7, 11) is 0. The Bertz CT molecular complexity index is 465. The van der Waals surface area contributed by atoms with Gasteiger partial charge in [0.1, 0.15) is 18.7 Å². The third-order valence-corrected chi connectivity index (χ3v) is 1.84. The Labute approximate surface area is 90.8 Å². The van der Waals surface area contributed by atoms with Crippen LogP contribution in [-0.2, 0) is 4.79 Å². The number of carbonyl (C=O) groups is 1. The molecule has 0 aliphatic heterocycles. The van der Waals surface area contributed by atoms with E-state index in [9.17, 15) is 4.79 Å². The van der Waals surface area contributed by atoms with Gasteiger partial charge in [-0.3, -0.25) is 9.36 Å². The van der Waals surface area contributed by atoms with Crippen molar-refractivity contribution in [3.63, 3.8) is 0 Å². The van der Waals surface area contributed by atoms with E-state index in [0.29, 0.717) is 11.6 Å². The van der Waals surface area contributed by atoms with E-state index in [1.165, 1.54) is 0 Å². The summed E-state index contributed by atoms with van der Waals surface area (Å²) in [5.41, 5.74) is 0. The van der Waals surface area contributed by atoms with Crippen molar-refractivity contribution in [2.45, 2.75) is 0 Å². The molecule has 0 aliphatic carbocycles. The van der Waals surface area contributed by atoms with Crippen LogP contribution in [0.2, 0.25) is 0 Å². The number of hydrogen-bond acceptors (Lipinski definition) is 5. The summed E-state index contributed by atoms with van der Waals surface area (Å²) >= 11 is 0. The molecule has 0 amide bonds. The van der Waals surface area contributed by atoms with Crippen LogP contribution in [0.3, 0.4) is 0 Å². The summed E-state index contributed by atoms with van der Waals surface area (Å²) in [6, 6.07) is 3.38. The van der Waals surface area contributed by atoms with Crippen molar-refractivity contribution in [2.24, 2.45) is 0 Å². The zero-order chi connectivity index (χ0) is 11.4. The highest BCUT2D eigenvalue weighted by Crippen LogP contribution is 2.05. The number of nitrogens with one attached hydrogen (secondary N) is 1. The van der Waals surface area contributed by atoms with Gasteiger partial charge in [-0.2, -0.15) is 0 Å². The van der Waals surface area contributed by atoms with Gasteiger partial charge in [-0.05, 0) is 12.1 Å². The number of aliphatic carboxylic acids is 1. The highest BCUT2D eigenvalue weighted by Gasteiger charge is 2.00. The van der Waals surface area contributed by atoms with Gasteiger partial charge >= 0.3 is 5.97 Å². The Balaban J connectivity index is 2.08. The molecule has 2 rings (SSSR count). The van der Waals surface area contributed by atoms with Crippen LogP contribution < -0.4 is 5.32 Å². The molecular formula is C9H9N5O2. The van der Waals surface area contributed by atoms with E-state index in [1.54, 1.807) is 35.4 Å². The van der Waals surface area contributed by atoms with E-state index in [4.69, 9.17) is 5.11 Å². The summed E-state index contributed by atoms with van der Waals surface area (Å²) in [5.74, 6) is 0.102. The second kappa shape index (κ2) is 4.39. The lowest BCUT2D eigenvalue weighted by atomic mass is 10.5. The molecule has 0 unspecified atom stereocenters. The highest BCUT2D eigenvalue weighted by atomic mass is 16.4. The molecule has 0 bridgehead atoms. The second-order valence-electron chi connectivity index (χ2n) is 2.99. The first-order valence-corrected chi connectivity index (χ1v) is 4.53.